The first kappa shape index (κ1) is 5.16. The minimum atomic E-state index is 0.674. The van der Waals surface area contributed by atoms with Gasteiger partial charge >= 0.3 is 0 Å². The van der Waals surface area contributed by atoms with E-state index in [2.05, 4.69) is 18.8 Å². The molecule has 7 heavy (non-hydrogen) atoms. The molecule has 1 radical (unpaired) electrons. The van der Waals surface area contributed by atoms with Gasteiger partial charge in [-0.15, -0.1) is 11.8 Å². The maximum atomic E-state index is 4.09. The zero-order valence-electron chi connectivity index (χ0n) is 4.35. The molecule has 0 amide bonds. The normalized spacial score (nSPS) is 30.6. The molecule has 0 bridgehead atoms. The van der Waals surface area contributed by atoms with E-state index in [0.29, 0.717) is 5.25 Å². The Balaban J connectivity index is 2.42. The summed E-state index contributed by atoms with van der Waals surface area (Å²) < 4.78 is 0. The van der Waals surface area contributed by atoms with Gasteiger partial charge in [0.1, 0.15) is 0 Å². The summed E-state index contributed by atoms with van der Waals surface area (Å²) in [7, 11) is 0. The predicted octanol–water partition coefficient (Wildman–Crippen LogP) is 1.35. The summed E-state index contributed by atoms with van der Waals surface area (Å²) in [6.07, 6.45) is 0. The van der Waals surface area contributed by atoms with E-state index in [1.165, 1.54) is 0 Å². The molecule has 0 aromatic carbocycles. The van der Waals surface area contributed by atoms with Gasteiger partial charge in [0, 0.05) is 12.2 Å². The lowest BCUT2D eigenvalue weighted by Crippen LogP contribution is -1.92. The average molecular weight is 114 g/mol. The van der Waals surface area contributed by atoms with Crippen LogP contribution in [0.1, 0.15) is 6.92 Å². The minimum absolute atomic E-state index is 0.674. The second-order valence-electron chi connectivity index (χ2n) is 1.66. The number of hydrogen-bond donors (Lipinski definition) is 0. The van der Waals surface area contributed by atoms with E-state index in [1.807, 2.05) is 0 Å². The van der Waals surface area contributed by atoms with Crippen molar-refractivity contribution < 1.29 is 0 Å². The highest BCUT2D eigenvalue weighted by Crippen LogP contribution is 2.18. The van der Waals surface area contributed by atoms with Gasteiger partial charge in [-0.25, -0.2) is 0 Å². The van der Waals surface area contributed by atoms with Gasteiger partial charge < -0.3 is 0 Å². The molecule has 1 atom stereocenters. The molecule has 1 aliphatic rings. The van der Waals surface area contributed by atoms with Crippen LogP contribution in [0.15, 0.2) is 4.99 Å². The first-order valence-corrected chi connectivity index (χ1v) is 3.20. The maximum Gasteiger partial charge on any atom is 0.0683 e. The maximum absolute atomic E-state index is 4.09. The largest absolute Gasteiger partial charge is 0.282 e. The van der Waals surface area contributed by atoms with E-state index < -0.39 is 0 Å². The minimum Gasteiger partial charge on any atom is -0.282 e. The number of aliphatic imine (C=N–C) groups is 1. The molecule has 1 heterocycles. The molecule has 0 saturated carbocycles. The molecule has 1 aliphatic heterocycles. The van der Waals surface area contributed by atoms with E-state index in [1.54, 1.807) is 11.8 Å². The first-order chi connectivity index (χ1) is 3.29. The Morgan fingerprint density at radius 1 is 2.00 bits per heavy atom. The zero-order valence-corrected chi connectivity index (χ0v) is 5.16. The Labute approximate surface area is 48.2 Å². The molecular formula is C5H8NS. The van der Waals surface area contributed by atoms with Crippen LogP contribution in [0, 0.1) is 6.92 Å². The quantitative estimate of drug-likeness (QED) is 0.463. The molecule has 2 heteroatoms. The monoisotopic (exact) mass is 114 g/mol. The lowest BCUT2D eigenvalue weighted by molar-refractivity contribution is 0.977. The van der Waals surface area contributed by atoms with Gasteiger partial charge in [0.15, 0.2) is 0 Å². The fraction of sp³-hybridized carbons (Fsp3) is 0.600. The molecule has 0 aromatic heterocycles. The molecule has 0 N–H and O–H groups in total. The van der Waals surface area contributed by atoms with E-state index in [9.17, 15) is 0 Å². The zero-order chi connectivity index (χ0) is 5.28. The van der Waals surface area contributed by atoms with E-state index >= 15 is 0 Å². The van der Waals surface area contributed by atoms with Gasteiger partial charge in [-0.05, 0) is 0 Å². The molecule has 0 spiro atoms. The summed E-state index contributed by atoms with van der Waals surface area (Å²) >= 11 is 1.76. The summed E-state index contributed by atoms with van der Waals surface area (Å²) in [5, 5.41) is 1.67. The van der Waals surface area contributed by atoms with Gasteiger partial charge in [-0.3, -0.25) is 4.99 Å². The highest BCUT2D eigenvalue weighted by molar-refractivity contribution is 8.14. The fourth-order valence-corrected chi connectivity index (χ4v) is 1.30. The smallest absolute Gasteiger partial charge is 0.0683 e. The topological polar surface area (TPSA) is 12.4 Å². The molecule has 1 unspecified atom stereocenters. The van der Waals surface area contributed by atoms with Gasteiger partial charge in [0.05, 0.1) is 11.6 Å². The molecule has 0 fully saturated rings. The standard InChI is InChI=1S/C5H8NS/c1-4-3-6-5(2)7-4/h4H,2-3H2,1H3. The van der Waals surface area contributed by atoms with E-state index in [-0.39, 0.29) is 0 Å². The lowest BCUT2D eigenvalue weighted by atomic mass is 10.5. The SMILES string of the molecule is [CH2]C1=NCC(C)S1. The summed E-state index contributed by atoms with van der Waals surface area (Å²) in [6, 6.07) is 0. The molecular weight excluding hydrogens is 106 g/mol. The van der Waals surface area contributed by atoms with E-state index in [4.69, 9.17) is 0 Å². The molecule has 39 valence electrons. The van der Waals surface area contributed by atoms with E-state index in [0.717, 1.165) is 11.6 Å². The van der Waals surface area contributed by atoms with Crippen molar-refractivity contribution >= 4 is 16.8 Å². The third-order valence-electron chi connectivity index (χ3n) is 0.862. The Morgan fingerprint density at radius 2 is 2.71 bits per heavy atom. The Kier molecular flexibility index (Phi) is 1.38. The van der Waals surface area contributed by atoms with Crippen LogP contribution in [0.2, 0.25) is 0 Å². The number of nitrogens with zero attached hydrogens (tertiary/aromatic N) is 1. The van der Waals surface area contributed by atoms with Crippen molar-refractivity contribution in [2.75, 3.05) is 6.54 Å². The summed E-state index contributed by atoms with van der Waals surface area (Å²) in [5.41, 5.74) is 0. The van der Waals surface area contributed by atoms with Crippen LogP contribution in [0.5, 0.6) is 0 Å². The van der Waals surface area contributed by atoms with Crippen LogP contribution >= 0.6 is 11.8 Å². The summed E-state index contributed by atoms with van der Waals surface area (Å²) in [5.74, 6) is 0. The van der Waals surface area contributed by atoms with Crippen molar-refractivity contribution in [3.8, 4) is 0 Å². The van der Waals surface area contributed by atoms with Crippen molar-refractivity contribution in [2.24, 2.45) is 4.99 Å². The van der Waals surface area contributed by atoms with Gasteiger partial charge in [-0.1, -0.05) is 6.92 Å². The summed E-state index contributed by atoms with van der Waals surface area (Å²) in [4.78, 5) is 4.09. The van der Waals surface area contributed by atoms with Gasteiger partial charge in [0.25, 0.3) is 0 Å². The third kappa shape index (κ3) is 1.20. The van der Waals surface area contributed by atoms with Crippen molar-refractivity contribution in [3.05, 3.63) is 6.92 Å². The Bertz CT molecular complexity index is 98.3. The van der Waals surface area contributed by atoms with Crippen LogP contribution in [0.25, 0.3) is 0 Å². The summed E-state index contributed by atoms with van der Waals surface area (Å²) in [6.45, 7) is 6.82. The van der Waals surface area contributed by atoms with Crippen molar-refractivity contribution in [2.45, 2.75) is 12.2 Å². The van der Waals surface area contributed by atoms with Crippen molar-refractivity contribution in [1.82, 2.24) is 0 Å². The second-order valence-corrected chi connectivity index (χ2v) is 3.17. The predicted molar refractivity (Wildman–Crippen MR) is 34.7 cm³/mol. The molecule has 0 aromatic rings. The van der Waals surface area contributed by atoms with Crippen molar-refractivity contribution in [3.63, 3.8) is 0 Å². The number of thioether (sulfide) groups is 1. The van der Waals surface area contributed by atoms with Crippen LogP contribution in [-0.4, -0.2) is 16.8 Å². The average Bonchev–Trinajstić information content (AvgIpc) is 1.87. The van der Waals surface area contributed by atoms with Gasteiger partial charge in [-0.2, -0.15) is 0 Å². The number of rotatable bonds is 0. The first-order valence-electron chi connectivity index (χ1n) is 2.32. The van der Waals surface area contributed by atoms with Crippen LogP contribution in [-0.2, 0) is 0 Å². The Hall–Kier alpha value is 0.0200. The number of hydrogen-bond acceptors (Lipinski definition) is 2. The lowest BCUT2D eigenvalue weighted by Gasteiger charge is -1.91. The highest BCUT2D eigenvalue weighted by Gasteiger charge is 2.09. The molecule has 1 rings (SSSR count). The van der Waals surface area contributed by atoms with Crippen LogP contribution in [0.3, 0.4) is 0 Å². The van der Waals surface area contributed by atoms with Crippen molar-refractivity contribution in [1.29, 1.82) is 0 Å². The fourth-order valence-electron chi connectivity index (χ4n) is 0.537. The molecule has 0 saturated heterocycles. The third-order valence-corrected chi connectivity index (χ3v) is 1.81. The second kappa shape index (κ2) is 1.86. The highest BCUT2D eigenvalue weighted by atomic mass is 32.2. The van der Waals surface area contributed by atoms with Crippen LogP contribution in [0.4, 0.5) is 0 Å². The Morgan fingerprint density at radius 3 is 2.86 bits per heavy atom. The van der Waals surface area contributed by atoms with Crippen LogP contribution < -0.4 is 0 Å². The molecule has 0 aliphatic carbocycles. The van der Waals surface area contributed by atoms with Gasteiger partial charge in [0.2, 0.25) is 0 Å². The molecule has 1 nitrogen and oxygen atoms in total.